The fraction of sp³-hybridized carbons (Fsp3) is 0.448. The Morgan fingerprint density at radius 1 is 0.738 bits per heavy atom. The lowest BCUT2D eigenvalue weighted by Gasteiger charge is -2.25. The van der Waals surface area contributed by atoms with Gasteiger partial charge in [0, 0.05) is 12.8 Å². The summed E-state index contributed by atoms with van der Waals surface area (Å²) in [7, 11) is 0. The van der Waals surface area contributed by atoms with E-state index in [1.807, 2.05) is 6.26 Å². The number of carboxylic acids is 1. The summed E-state index contributed by atoms with van der Waals surface area (Å²) in [5.74, 6) is -2.43. The summed E-state index contributed by atoms with van der Waals surface area (Å²) in [6, 6.07) is 7.62. The normalized spacial score (nSPS) is 13.8. The topological polar surface area (TPSA) is 217 Å². The number of carboxylic acid groups (broad SMARTS) is 1. The number of nitrogens with two attached hydrogens (primary N) is 2. The number of carbonyl (C=O) groups excluding carboxylic acids is 3. The average Bonchev–Trinajstić information content (AvgIpc) is 2.96. The molecule has 0 aromatic heterocycles. The second-order valence-electron chi connectivity index (χ2n) is 9.94. The summed E-state index contributed by atoms with van der Waals surface area (Å²) in [4.78, 5) is 51.6. The molecular weight excluding hydrogens is 562 g/mol. The third kappa shape index (κ3) is 12.0. The van der Waals surface area contributed by atoms with E-state index in [-0.39, 0.29) is 30.8 Å². The number of hydrogen-bond donors (Lipinski definition) is 8. The summed E-state index contributed by atoms with van der Waals surface area (Å²) in [6.07, 6.45) is 3.66. The molecule has 2 rings (SSSR count). The van der Waals surface area contributed by atoms with E-state index in [4.69, 9.17) is 11.5 Å². The van der Waals surface area contributed by atoms with Crippen LogP contribution in [0.3, 0.4) is 0 Å². The quantitative estimate of drug-likeness (QED) is 0.111. The van der Waals surface area contributed by atoms with E-state index in [2.05, 4.69) is 16.0 Å². The number of aliphatic carboxylic acids is 1. The van der Waals surface area contributed by atoms with Crippen LogP contribution in [0.5, 0.6) is 11.5 Å². The number of carbonyl (C=O) groups is 4. The van der Waals surface area contributed by atoms with Gasteiger partial charge in [-0.15, -0.1) is 0 Å². The van der Waals surface area contributed by atoms with Crippen LogP contribution in [0.2, 0.25) is 0 Å². The van der Waals surface area contributed by atoms with E-state index in [0.717, 1.165) is 0 Å². The molecule has 3 amide bonds. The number of nitrogens with one attached hydrogen (secondary N) is 3. The molecule has 12 nitrogen and oxygen atoms in total. The number of benzene rings is 2. The first-order chi connectivity index (χ1) is 20.0. The molecule has 0 saturated heterocycles. The molecule has 0 radical (unpaired) electrons. The first-order valence-electron chi connectivity index (χ1n) is 13.7. The van der Waals surface area contributed by atoms with Crippen molar-refractivity contribution >= 4 is 35.5 Å². The molecule has 230 valence electrons. The van der Waals surface area contributed by atoms with E-state index in [1.165, 1.54) is 24.3 Å². The third-order valence-corrected chi connectivity index (χ3v) is 7.19. The van der Waals surface area contributed by atoms with Crippen LogP contribution < -0.4 is 27.4 Å². The van der Waals surface area contributed by atoms with Crippen LogP contribution >= 0.6 is 11.8 Å². The Kier molecular flexibility index (Phi) is 14.6. The van der Waals surface area contributed by atoms with Crippen LogP contribution in [0.1, 0.15) is 36.8 Å². The molecule has 4 unspecified atom stereocenters. The summed E-state index contributed by atoms with van der Waals surface area (Å²) in [5.41, 5.74) is 12.8. The molecule has 0 aliphatic heterocycles. The zero-order chi connectivity index (χ0) is 31.1. The molecule has 4 atom stereocenters. The zero-order valence-electron chi connectivity index (χ0n) is 23.6. The van der Waals surface area contributed by atoms with Gasteiger partial charge in [-0.1, -0.05) is 24.3 Å². The molecule has 0 spiro atoms. The molecule has 0 heterocycles. The van der Waals surface area contributed by atoms with Gasteiger partial charge >= 0.3 is 5.97 Å². The maximum absolute atomic E-state index is 13.4. The number of unbranched alkanes of at least 4 members (excludes halogenated alkanes) is 1. The first kappa shape index (κ1) is 34.4. The highest BCUT2D eigenvalue weighted by atomic mass is 32.2. The van der Waals surface area contributed by atoms with Crippen LogP contribution in [0, 0.1) is 0 Å². The Hall–Kier alpha value is -3.81. The molecule has 0 bridgehead atoms. The van der Waals surface area contributed by atoms with Crippen LogP contribution in [0.4, 0.5) is 0 Å². The predicted molar refractivity (Wildman–Crippen MR) is 161 cm³/mol. The van der Waals surface area contributed by atoms with Crippen molar-refractivity contribution in [3.8, 4) is 11.5 Å². The monoisotopic (exact) mass is 603 g/mol. The molecule has 10 N–H and O–H groups in total. The van der Waals surface area contributed by atoms with Crippen LogP contribution in [0.15, 0.2) is 48.5 Å². The number of rotatable bonds is 18. The fourth-order valence-electron chi connectivity index (χ4n) is 4.11. The maximum Gasteiger partial charge on any atom is 0.326 e. The van der Waals surface area contributed by atoms with Gasteiger partial charge in [-0.25, -0.2) is 4.79 Å². The van der Waals surface area contributed by atoms with Gasteiger partial charge in [0.15, 0.2) is 0 Å². The second-order valence-corrected chi connectivity index (χ2v) is 10.9. The minimum absolute atomic E-state index is 0.0138. The van der Waals surface area contributed by atoms with Gasteiger partial charge in [0.1, 0.15) is 29.6 Å². The standard InChI is InChI=1S/C29H41N5O7S/c1-42-15-13-22(31)26(37)32-23(4-2-3-14-30)27(38)33-24(16-18-5-9-20(35)10-6-18)28(39)34-25(29(40)41)17-19-7-11-21(36)12-8-19/h5-12,22-25,35-36H,2-4,13-17,30-31H2,1H3,(H,32,37)(H,33,38)(H,34,39)(H,40,41). The van der Waals surface area contributed by atoms with Gasteiger partial charge in [0.2, 0.25) is 17.7 Å². The highest BCUT2D eigenvalue weighted by Gasteiger charge is 2.30. The lowest BCUT2D eigenvalue weighted by atomic mass is 10.0. The van der Waals surface area contributed by atoms with Crippen LogP contribution in [0.25, 0.3) is 0 Å². The van der Waals surface area contributed by atoms with Crippen molar-refractivity contribution in [1.29, 1.82) is 0 Å². The largest absolute Gasteiger partial charge is 0.508 e. The molecular formula is C29H41N5O7S. The summed E-state index contributed by atoms with van der Waals surface area (Å²) >= 11 is 1.54. The minimum atomic E-state index is -1.32. The van der Waals surface area contributed by atoms with Gasteiger partial charge in [0.05, 0.1) is 6.04 Å². The van der Waals surface area contributed by atoms with E-state index >= 15 is 0 Å². The van der Waals surface area contributed by atoms with Crippen molar-refractivity contribution in [3.05, 3.63) is 59.7 Å². The minimum Gasteiger partial charge on any atom is -0.508 e. The zero-order valence-corrected chi connectivity index (χ0v) is 24.4. The number of phenols is 2. The van der Waals surface area contributed by atoms with Gasteiger partial charge < -0.3 is 42.7 Å². The summed E-state index contributed by atoms with van der Waals surface area (Å²) < 4.78 is 0. The van der Waals surface area contributed by atoms with Gasteiger partial charge in [0.25, 0.3) is 0 Å². The maximum atomic E-state index is 13.4. The van der Waals surface area contributed by atoms with Crippen LogP contribution in [-0.4, -0.2) is 81.7 Å². The van der Waals surface area contributed by atoms with Crippen LogP contribution in [-0.2, 0) is 32.0 Å². The Balaban J connectivity index is 2.26. The van der Waals surface area contributed by atoms with Crippen molar-refractivity contribution in [1.82, 2.24) is 16.0 Å². The van der Waals surface area contributed by atoms with E-state index in [1.54, 1.807) is 36.0 Å². The van der Waals surface area contributed by atoms with Crippen molar-refractivity contribution < 1.29 is 34.5 Å². The molecule has 42 heavy (non-hydrogen) atoms. The Morgan fingerprint density at radius 3 is 1.71 bits per heavy atom. The molecule has 0 aliphatic carbocycles. The SMILES string of the molecule is CSCCC(N)C(=O)NC(CCCCN)C(=O)NC(Cc1ccc(O)cc1)C(=O)NC(Cc1ccc(O)cc1)C(=O)O. The lowest BCUT2D eigenvalue weighted by Crippen LogP contribution is -2.57. The summed E-state index contributed by atoms with van der Waals surface area (Å²) in [5, 5.41) is 36.8. The first-order valence-corrected chi connectivity index (χ1v) is 15.1. The van der Waals surface area contributed by atoms with E-state index in [9.17, 15) is 34.5 Å². The Bertz CT molecular complexity index is 1160. The molecule has 0 saturated carbocycles. The number of aromatic hydroxyl groups is 2. The molecule has 2 aromatic rings. The van der Waals surface area contributed by atoms with Crippen molar-refractivity contribution in [3.63, 3.8) is 0 Å². The Morgan fingerprint density at radius 2 is 1.21 bits per heavy atom. The Labute approximate surface area is 249 Å². The van der Waals surface area contributed by atoms with Gasteiger partial charge in [-0.3, -0.25) is 14.4 Å². The number of hydrogen-bond acceptors (Lipinski definition) is 9. The van der Waals surface area contributed by atoms with Crippen molar-refractivity contribution in [2.45, 2.75) is 62.7 Å². The highest BCUT2D eigenvalue weighted by Crippen LogP contribution is 2.14. The van der Waals surface area contributed by atoms with Crippen molar-refractivity contribution in [2.75, 3.05) is 18.6 Å². The number of thioether (sulfide) groups is 1. The lowest BCUT2D eigenvalue weighted by molar-refractivity contribution is -0.142. The third-order valence-electron chi connectivity index (χ3n) is 6.55. The van der Waals surface area contributed by atoms with E-state index < -0.39 is 47.9 Å². The molecule has 2 aromatic carbocycles. The molecule has 13 heteroatoms. The van der Waals surface area contributed by atoms with Crippen molar-refractivity contribution in [2.24, 2.45) is 11.5 Å². The summed E-state index contributed by atoms with van der Waals surface area (Å²) in [6.45, 7) is 0.402. The van der Waals surface area contributed by atoms with Gasteiger partial charge in [-0.2, -0.15) is 11.8 Å². The average molecular weight is 604 g/mol. The molecule has 0 aliphatic rings. The number of amides is 3. The smallest absolute Gasteiger partial charge is 0.326 e. The second kappa shape index (κ2) is 17.9. The molecule has 0 fully saturated rings. The van der Waals surface area contributed by atoms with Gasteiger partial charge in [-0.05, 0) is 79.6 Å². The fourth-order valence-corrected chi connectivity index (χ4v) is 4.60. The highest BCUT2D eigenvalue weighted by molar-refractivity contribution is 7.98. The number of phenolic OH excluding ortho intramolecular Hbond substituents is 2. The van der Waals surface area contributed by atoms with E-state index in [0.29, 0.717) is 42.7 Å². The predicted octanol–water partition coefficient (Wildman–Crippen LogP) is 0.631.